The molecule has 0 aliphatic heterocycles. The number of hydrogen-bond acceptors (Lipinski definition) is 2. The first-order valence-corrected chi connectivity index (χ1v) is 7.69. The third kappa shape index (κ3) is 8.36. The molecule has 0 radical (unpaired) electrons. The van der Waals surface area contributed by atoms with Gasteiger partial charge in [0, 0.05) is 0 Å². The molecule has 112 valence electrons. The van der Waals surface area contributed by atoms with Gasteiger partial charge in [0.05, 0.1) is 5.56 Å². The van der Waals surface area contributed by atoms with Crippen LogP contribution in [0.5, 0.6) is 5.75 Å². The van der Waals surface area contributed by atoms with E-state index in [4.69, 9.17) is 5.11 Å². The van der Waals surface area contributed by atoms with Crippen molar-refractivity contribution in [2.45, 2.75) is 64.7 Å². The molecular weight excluding hydrogens is 291 g/mol. The molecule has 0 atom stereocenters. The molecule has 0 saturated heterocycles. The maximum atomic E-state index is 11.7. The molecule has 1 N–H and O–H groups in total. The molecule has 0 aromatic heterocycles. The molecule has 1 aromatic carbocycles. The fourth-order valence-electron chi connectivity index (χ4n) is 2.46. The molecule has 0 amide bonds. The summed E-state index contributed by atoms with van der Waals surface area (Å²) in [6.45, 7) is 2.21. The molecule has 3 nitrogen and oxygen atoms in total. The van der Waals surface area contributed by atoms with Crippen molar-refractivity contribution in [1.82, 2.24) is 0 Å². The van der Waals surface area contributed by atoms with Crippen molar-refractivity contribution in [3.8, 4) is 5.75 Å². The molecule has 1 rings (SSSR count). The molecule has 4 heteroatoms. The second kappa shape index (κ2) is 12.6. The Kier molecular flexibility index (Phi) is 12.7. The predicted octanol–water partition coefficient (Wildman–Crippen LogP) is 1.15. The molecule has 1 aromatic rings. The summed E-state index contributed by atoms with van der Waals surface area (Å²) in [6.07, 6.45) is 10.1. The molecule has 0 bridgehead atoms. The second-order valence-electron chi connectivity index (χ2n) is 5.31. The van der Waals surface area contributed by atoms with Crippen LogP contribution in [0, 0.1) is 0 Å². The van der Waals surface area contributed by atoms with Crippen LogP contribution in [-0.4, -0.2) is 11.1 Å². The van der Waals surface area contributed by atoms with E-state index in [-0.39, 0.29) is 62.7 Å². The third-order valence-corrected chi connectivity index (χ3v) is 3.64. The summed E-state index contributed by atoms with van der Waals surface area (Å²) in [5.41, 5.74) is 0.631. The van der Waals surface area contributed by atoms with E-state index < -0.39 is 5.97 Å². The molecule has 21 heavy (non-hydrogen) atoms. The van der Waals surface area contributed by atoms with Crippen LogP contribution in [0.4, 0.5) is 0 Å². The van der Waals surface area contributed by atoms with Crippen LogP contribution < -0.4 is 56.5 Å². The van der Waals surface area contributed by atoms with E-state index in [1.807, 2.05) is 0 Å². The van der Waals surface area contributed by atoms with Crippen LogP contribution in [0.15, 0.2) is 18.2 Å². The van der Waals surface area contributed by atoms with Gasteiger partial charge >= 0.3 is 57.4 Å². The number of rotatable bonds is 10. The Hall–Kier alpha value is 0.126. The topological polar surface area (TPSA) is 60.4 Å². The van der Waals surface area contributed by atoms with Crippen LogP contribution in [0.3, 0.4) is 0 Å². The summed E-state index contributed by atoms with van der Waals surface area (Å²) < 4.78 is 0. The maximum Gasteiger partial charge on any atom is 1.00 e. The van der Waals surface area contributed by atoms with E-state index >= 15 is 0 Å². The zero-order chi connectivity index (χ0) is 14.8. The average Bonchev–Trinajstić information content (AvgIpc) is 2.43. The van der Waals surface area contributed by atoms with Gasteiger partial charge in [-0.1, -0.05) is 64.0 Å². The molecule has 0 unspecified atom stereocenters. The first-order chi connectivity index (χ1) is 9.66. The number of carboxylic acid groups (broad SMARTS) is 1. The Morgan fingerprint density at radius 3 is 2.19 bits per heavy atom. The third-order valence-electron chi connectivity index (χ3n) is 3.64. The molecule has 0 spiro atoms. The number of carboxylic acids is 1. The minimum Gasteiger partial charge on any atom is -0.872 e. The van der Waals surface area contributed by atoms with E-state index in [1.165, 1.54) is 56.7 Å². The van der Waals surface area contributed by atoms with Gasteiger partial charge in [-0.05, 0) is 24.5 Å². The molecule has 0 heterocycles. The number of aromatic carboxylic acids is 1. The fraction of sp³-hybridized carbons (Fsp3) is 0.588. The van der Waals surface area contributed by atoms with Crippen LogP contribution in [0.25, 0.3) is 0 Å². The predicted molar refractivity (Wildman–Crippen MR) is 79.2 cm³/mol. The van der Waals surface area contributed by atoms with Crippen LogP contribution >= 0.6 is 0 Å². The molecular formula is C17H25KO3. The van der Waals surface area contributed by atoms with Crippen LogP contribution in [-0.2, 0) is 6.42 Å². The normalized spacial score (nSPS) is 10.1. The van der Waals surface area contributed by atoms with Gasteiger partial charge in [-0.25, -0.2) is 4.79 Å². The van der Waals surface area contributed by atoms with Crippen molar-refractivity contribution in [2.75, 3.05) is 0 Å². The second-order valence-corrected chi connectivity index (χ2v) is 5.31. The van der Waals surface area contributed by atoms with Gasteiger partial charge in [0.15, 0.2) is 0 Å². The largest absolute Gasteiger partial charge is 1.00 e. The van der Waals surface area contributed by atoms with Crippen LogP contribution in [0.2, 0.25) is 0 Å². The van der Waals surface area contributed by atoms with Crippen molar-refractivity contribution in [1.29, 1.82) is 0 Å². The number of carbonyl (C=O) groups is 1. The zero-order valence-electron chi connectivity index (χ0n) is 13.4. The minimum atomic E-state index is -1.00. The first-order valence-electron chi connectivity index (χ1n) is 7.69. The Morgan fingerprint density at radius 2 is 1.62 bits per heavy atom. The van der Waals surface area contributed by atoms with Gasteiger partial charge in [0.1, 0.15) is 0 Å². The average molecular weight is 316 g/mol. The number of hydrogen-bond donors (Lipinski definition) is 1. The van der Waals surface area contributed by atoms with E-state index in [9.17, 15) is 9.90 Å². The van der Waals surface area contributed by atoms with E-state index in [1.54, 1.807) is 0 Å². The zero-order valence-corrected chi connectivity index (χ0v) is 16.5. The summed E-state index contributed by atoms with van der Waals surface area (Å²) in [5, 5.41) is 20.8. The molecule has 0 aliphatic rings. The summed E-state index contributed by atoms with van der Waals surface area (Å²) >= 11 is 0. The Labute approximate surface area is 170 Å². The molecule has 0 fully saturated rings. The van der Waals surface area contributed by atoms with Gasteiger partial charge in [0.25, 0.3) is 0 Å². The standard InChI is InChI=1S/C17H26O3.K/c1-2-3-4-5-6-7-8-9-11-14-15(17(19)20)12-10-13-16(14)18;/h10,12-13,18H,2-9,11H2,1H3,(H,19,20);/q;+1/p-1. The fourth-order valence-corrected chi connectivity index (χ4v) is 2.46. The number of benzene rings is 1. The van der Waals surface area contributed by atoms with Gasteiger partial charge in [-0.15, -0.1) is 5.75 Å². The molecule has 0 aliphatic carbocycles. The van der Waals surface area contributed by atoms with Gasteiger partial charge in [-0.3, -0.25) is 0 Å². The summed E-state index contributed by atoms with van der Waals surface area (Å²) in [5.74, 6) is -1.15. The minimum absolute atomic E-state index is 0. The van der Waals surface area contributed by atoms with E-state index in [0.29, 0.717) is 12.0 Å². The van der Waals surface area contributed by atoms with E-state index in [0.717, 1.165) is 12.8 Å². The summed E-state index contributed by atoms with van der Waals surface area (Å²) in [6, 6.07) is 4.49. The van der Waals surface area contributed by atoms with Gasteiger partial charge in [-0.2, -0.15) is 0 Å². The quantitative estimate of drug-likeness (QED) is 0.520. The monoisotopic (exact) mass is 316 g/mol. The summed E-state index contributed by atoms with van der Waals surface area (Å²) in [4.78, 5) is 11.1. The van der Waals surface area contributed by atoms with Crippen LogP contribution in [0.1, 0.15) is 74.2 Å². The van der Waals surface area contributed by atoms with Crippen molar-refractivity contribution < 1.29 is 66.4 Å². The smallest absolute Gasteiger partial charge is 0.872 e. The van der Waals surface area contributed by atoms with Gasteiger partial charge in [0.2, 0.25) is 0 Å². The Morgan fingerprint density at radius 1 is 1.05 bits per heavy atom. The SMILES string of the molecule is CCCCCCCCCCc1c([O-])cccc1C(=O)O.[K+]. The first kappa shape index (κ1) is 21.1. The Balaban J connectivity index is 0.00000400. The van der Waals surface area contributed by atoms with Crippen molar-refractivity contribution in [3.05, 3.63) is 29.3 Å². The maximum absolute atomic E-state index is 11.7. The number of unbranched alkanes of at least 4 members (excludes halogenated alkanes) is 7. The van der Waals surface area contributed by atoms with Gasteiger partial charge < -0.3 is 10.2 Å². The molecule has 0 saturated carbocycles. The van der Waals surface area contributed by atoms with Crippen molar-refractivity contribution in [3.63, 3.8) is 0 Å². The summed E-state index contributed by atoms with van der Waals surface area (Å²) in [7, 11) is 0. The van der Waals surface area contributed by atoms with Crippen molar-refractivity contribution in [2.24, 2.45) is 0 Å². The van der Waals surface area contributed by atoms with Crippen molar-refractivity contribution >= 4 is 5.97 Å². The Bertz CT molecular complexity index is 418. The van der Waals surface area contributed by atoms with E-state index in [2.05, 4.69) is 6.92 Å².